The van der Waals surface area contributed by atoms with E-state index in [1.807, 2.05) is 44.2 Å². The van der Waals surface area contributed by atoms with Crippen LogP contribution in [0.2, 0.25) is 0 Å². The van der Waals surface area contributed by atoms with Crippen LogP contribution in [-0.4, -0.2) is 68.2 Å². The first-order valence-corrected chi connectivity index (χ1v) is 12.7. The van der Waals surface area contributed by atoms with Gasteiger partial charge in [-0.2, -0.15) is 4.31 Å². The van der Waals surface area contributed by atoms with E-state index < -0.39 is 22.0 Å². The van der Waals surface area contributed by atoms with Crippen LogP contribution in [0, 0.1) is 0 Å². The van der Waals surface area contributed by atoms with Crippen LogP contribution in [0.3, 0.4) is 0 Å². The lowest BCUT2D eigenvalue weighted by atomic mass is 10.0. The van der Waals surface area contributed by atoms with Crippen molar-refractivity contribution < 1.29 is 22.7 Å². The predicted octanol–water partition coefficient (Wildman–Crippen LogP) is 1.58. The minimum atomic E-state index is -3.54. The molecule has 1 fully saturated rings. The molecule has 33 heavy (non-hydrogen) atoms. The predicted molar refractivity (Wildman–Crippen MR) is 126 cm³/mol. The van der Waals surface area contributed by atoms with Crippen molar-refractivity contribution >= 4 is 21.8 Å². The van der Waals surface area contributed by atoms with Gasteiger partial charge in [0, 0.05) is 31.6 Å². The Morgan fingerprint density at radius 3 is 2.18 bits per heavy atom. The van der Waals surface area contributed by atoms with Crippen LogP contribution in [0.5, 0.6) is 0 Å². The lowest BCUT2D eigenvalue weighted by Gasteiger charge is -2.34. The van der Waals surface area contributed by atoms with Crippen molar-refractivity contribution in [3.63, 3.8) is 0 Å². The summed E-state index contributed by atoms with van der Waals surface area (Å²) in [6, 6.07) is 17.2. The van der Waals surface area contributed by atoms with E-state index in [2.05, 4.69) is 10.6 Å². The molecule has 2 amide bonds. The maximum atomic E-state index is 12.9. The van der Waals surface area contributed by atoms with Crippen LogP contribution in [0.25, 0.3) is 0 Å². The van der Waals surface area contributed by atoms with Crippen molar-refractivity contribution in [3.05, 3.63) is 71.8 Å². The van der Waals surface area contributed by atoms with Crippen LogP contribution in [-0.2, 0) is 26.0 Å². The molecule has 3 atom stereocenters. The Hall–Kier alpha value is -2.75. The van der Waals surface area contributed by atoms with Gasteiger partial charge < -0.3 is 15.4 Å². The van der Waals surface area contributed by atoms with E-state index in [0.717, 1.165) is 5.56 Å². The van der Waals surface area contributed by atoms with Gasteiger partial charge in [0.1, 0.15) is 6.04 Å². The summed E-state index contributed by atoms with van der Waals surface area (Å²) in [5.74, 6) is -1.01. The molecule has 8 nitrogen and oxygen atoms in total. The van der Waals surface area contributed by atoms with Gasteiger partial charge in [0.25, 0.3) is 5.91 Å². The molecule has 0 spiro atoms. The number of rotatable bonds is 9. The summed E-state index contributed by atoms with van der Waals surface area (Å²) in [6.07, 6.45) is -0.0700. The minimum absolute atomic E-state index is 0.0478. The molecule has 2 aromatic rings. The molecule has 178 valence electrons. The van der Waals surface area contributed by atoms with Gasteiger partial charge in [-0.1, -0.05) is 48.5 Å². The molecule has 2 N–H and O–H groups in total. The van der Waals surface area contributed by atoms with Crippen molar-refractivity contribution in [2.75, 3.05) is 25.4 Å². The van der Waals surface area contributed by atoms with E-state index in [0.29, 0.717) is 18.7 Å². The van der Waals surface area contributed by atoms with Crippen LogP contribution in [0.15, 0.2) is 60.7 Å². The number of hydrogen-bond acceptors (Lipinski definition) is 5. The monoisotopic (exact) mass is 473 g/mol. The molecular formula is C24H31N3O5S. The average Bonchev–Trinajstić information content (AvgIpc) is 2.79. The van der Waals surface area contributed by atoms with Crippen LogP contribution >= 0.6 is 0 Å². The van der Waals surface area contributed by atoms with Crippen molar-refractivity contribution in [3.8, 4) is 0 Å². The largest absolute Gasteiger partial charge is 0.373 e. The van der Waals surface area contributed by atoms with Gasteiger partial charge in [-0.25, -0.2) is 8.42 Å². The van der Waals surface area contributed by atoms with E-state index in [-0.39, 0.29) is 36.8 Å². The van der Waals surface area contributed by atoms with E-state index in [1.165, 1.54) is 4.31 Å². The van der Waals surface area contributed by atoms with Gasteiger partial charge >= 0.3 is 0 Å². The van der Waals surface area contributed by atoms with E-state index in [9.17, 15) is 18.0 Å². The third kappa shape index (κ3) is 7.38. The molecule has 3 unspecified atom stereocenters. The first kappa shape index (κ1) is 24.9. The summed E-state index contributed by atoms with van der Waals surface area (Å²) in [5.41, 5.74) is 1.33. The Bertz CT molecular complexity index is 1020. The number of carbonyl (C=O) groups excluding carboxylic acids is 2. The second kappa shape index (κ2) is 11.4. The van der Waals surface area contributed by atoms with Gasteiger partial charge in [-0.15, -0.1) is 0 Å². The molecule has 0 aromatic heterocycles. The Morgan fingerprint density at radius 2 is 1.58 bits per heavy atom. The molecule has 1 saturated heterocycles. The van der Waals surface area contributed by atoms with Gasteiger partial charge in [0.15, 0.2) is 0 Å². The maximum absolute atomic E-state index is 12.9. The lowest BCUT2D eigenvalue weighted by Crippen LogP contribution is -2.51. The second-order valence-corrected chi connectivity index (χ2v) is 10.4. The molecule has 1 aliphatic rings. The van der Waals surface area contributed by atoms with Gasteiger partial charge in [-0.3, -0.25) is 9.59 Å². The molecule has 0 bridgehead atoms. The highest BCUT2D eigenvalue weighted by Crippen LogP contribution is 2.14. The average molecular weight is 474 g/mol. The molecule has 3 rings (SSSR count). The zero-order valence-corrected chi connectivity index (χ0v) is 19.8. The van der Waals surface area contributed by atoms with E-state index in [4.69, 9.17) is 4.74 Å². The van der Waals surface area contributed by atoms with Crippen molar-refractivity contribution in [2.24, 2.45) is 0 Å². The molecule has 1 aliphatic heterocycles. The smallest absolute Gasteiger partial charge is 0.251 e. The normalized spacial score (nSPS) is 20.1. The number of morpholine rings is 1. The number of ether oxygens (including phenoxy) is 1. The summed E-state index contributed by atoms with van der Waals surface area (Å²) in [7, 11) is -3.54. The Kier molecular flexibility index (Phi) is 8.60. The van der Waals surface area contributed by atoms with Crippen molar-refractivity contribution in [2.45, 2.75) is 38.5 Å². The summed E-state index contributed by atoms with van der Waals surface area (Å²) < 4.78 is 32.5. The minimum Gasteiger partial charge on any atom is -0.373 e. The fourth-order valence-corrected chi connectivity index (χ4v) is 5.30. The number of amides is 2. The Morgan fingerprint density at radius 1 is 1.00 bits per heavy atom. The van der Waals surface area contributed by atoms with E-state index >= 15 is 0 Å². The van der Waals surface area contributed by atoms with Crippen molar-refractivity contribution in [1.29, 1.82) is 0 Å². The summed E-state index contributed by atoms with van der Waals surface area (Å²) >= 11 is 0. The fourth-order valence-electron chi connectivity index (χ4n) is 3.80. The molecule has 0 aliphatic carbocycles. The molecule has 9 heteroatoms. The van der Waals surface area contributed by atoms with Crippen molar-refractivity contribution in [1.82, 2.24) is 14.9 Å². The summed E-state index contributed by atoms with van der Waals surface area (Å²) in [6.45, 7) is 4.22. The van der Waals surface area contributed by atoms with Gasteiger partial charge in [0.2, 0.25) is 15.9 Å². The number of hydrogen-bond donors (Lipinski definition) is 2. The highest BCUT2D eigenvalue weighted by molar-refractivity contribution is 7.89. The molecule has 2 aromatic carbocycles. The lowest BCUT2D eigenvalue weighted by molar-refractivity contribution is -0.122. The fraction of sp³-hybridized carbons (Fsp3) is 0.417. The molecule has 0 radical (unpaired) electrons. The third-order valence-electron chi connectivity index (χ3n) is 5.38. The summed E-state index contributed by atoms with van der Waals surface area (Å²) in [4.78, 5) is 25.6. The number of carbonyl (C=O) groups is 2. The number of nitrogens with one attached hydrogen (secondary N) is 2. The van der Waals surface area contributed by atoms with Gasteiger partial charge in [-0.05, 0) is 31.5 Å². The number of benzene rings is 2. The zero-order chi connectivity index (χ0) is 23.8. The Labute approximate surface area is 195 Å². The number of sulfonamides is 1. The highest BCUT2D eigenvalue weighted by Gasteiger charge is 2.31. The first-order chi connectivity index (χ1) is 15.7. The molecule has 0 saturated carbocycles. The Balaban J connectivity index is 1.62. The highest BCUT2D eigenvalue weighted by atomic mass is 32.2. The summed E-state index contributed by atoms with van der Waals surface area (Å²) in [5, 5.41) is 5.46. The quantitative estimate of drug-likeness (QED) is 0.575. The second-order valence-electron chi connectivity index (χ2n) is 8.26. The van der Waals surface area contributed by atoms with Crippen LogP contribution in [0.1, 0.15) is 29.8 Å². The molecular weight excluding hydrogens is 442 g/mol. The van der Waals surface area contributed by atoms with Crippen LogP contribution in [0.4, 0.5) is 0 Å². The topological polar surface area (TPSA) is 105 Å². The first-order valence-electron chi connectivity index (χ1n) is 11.1. The number of nitrogens with zero attached hydrogens (tertiary/aromatic N) is 1. The SMILES string of the molecule is CC1CN(S(=O)(=O)CCNC(=O)C(Cc2ccccc2)NC(=O)c2ccccc2)CC(C)O1. The zero-order valence-electron chi connectivity index (χ0n) is 18.9. The molecule has 1 heterocycles. The van der Waals surface area contributed by atoms with Gasteiger partial charge in [0.05, 0.1) is 18.0 Å². The maximum Gasteiger partial charge on any atom is 0.251 e. The standard InChI is InChI=1S/C24H31N3O5S/c1-18-16-27(17-19(2)32-18)33(30,31)14-13-25-24(29)22(15-20-9-5-3-6-10-20)26-23(28)21-11-7-4-8-12-21/h3-12,18-19,22H,13-17H2,1-2H3,(H,25,29)(H,26,28). The third-order valence-corrected chi connectivity index (χ3v) is 7.18. The van der Waals surface area contributed by atoms with Crippen LogP contribution < -0.4 is 10.6 Å². The van der Waals surface area contributed by atoms with E-state index in [1.54, 1.807) is 30.3 Å².